The lowest BCUT2D eigenvalue weighted by Crippen LogP contribution is -2.29. The zero-order chi connectivity index (χ0) is 18.1. The quantitative estimate of drug-likeness (QED) is 0.495. The number of rotatable bonds is 4. The minimum atomic E-state index is -0.794. The summed E-state index contributed by atoms with van der Waals surface area (Å²) in [5.41, 5.74) is 0.533. The highest BCUT2D eigenvalue weighted by atomic mass is 16.6. The fourth-order valence-electron chi connectivity index (χ4n) is 2.72. The van der Waals surface area contributed by atoms with Crippen molar-refractivity contribution >= 4 is 17.6 Å². The van der Waals surface area contributed by atoms with E-state index in [-0.39, 0.29) is 12.2 Å². The molecule has 0 saturated heterocycles. The molecule has 1 N–H and O–H groups in total. The number of nitro groups is 1. The number of aromatic nitrogens is 3. The third-order valence-corrected chi connectivity index (χ3v) is 3.79. The van der Waals surface area contributed by atoms with Gasteiger partial charge in [-0.15, -0.1) is 0 Å². The van der Waals surface area contributed by atoms with Crippen molar-refractivity contribution in [1.82, 2.24) is 14.8 Å². The van der Waals surface area contributed by atoms with Gasteiger partial charge in [-0.3, -0.25) is 10.1 Å². The topological polar surface area (TPSA) is 135 Å². The van der Waals surface area contributed by atoms with Crippen molar-refractivity contribution in [2.75, 3.05) is 11.9 Å². The smallest absolute Gasteiger partial charge is 0.338 e. The number of carbonyl (C=O) groups is 1. The highest BCUT2D eigenvalue weighted by Gasteiger charge is 2.34. The van der Waals surface area contributed by atoms with Crippen LogP contribution in [0.3, 0.4) is 0 Å². The van der Waals surface area contributed by atoms with E-state index in [1.54, 1.807) is 13.8 Å². The molecule has 10 nitrogen and oxygen atoms in total. The van der Waals surface area contributed by atoms with Gasteiger partial charge in [0.2, 0.25) is 5.95 Å². The molecule has 0 unspecified atom stereocenters. The lowest BCUT2D eigenvalue weighted by molar-refractivity contribution is -0.398. The lowest BCUT2D eigenvalue weighted by Gasteiger charge is -2.28. The van der Waals surface area contributed by atoms with E-state index >= 15 is 0 Å². The van der Waals surface area contributed by atoms with Crippen LogP contribution < -0.4 is 10.4 Å². The summed E-state index contributed by atoms with van der Waals surface area (Å²) >= 11 is 0. The van der Waals surface area contributed by atoms with Gasteiger partial charge in [-0.05, 0) is 25.2 Å². The van der Waals surface area contributed by atoms with Gasteiger partial charge in [0, 0.05) is 11.8 Å². The SMILES string of the molecule is CCOC(=O)C1=C(C)Nc2ncnn2[C@@H]1c1ccc([O-])c([N+](=O)[O-])c1. The number of ether oxygens (including phenoxy) is 1. The first kappa shape index (κ1) is 16.4. The number of hydrogen-bond donors (Lipinski definition) is 1. The summed E-state index contributed by atoms with van der Waals surface area (Å²) in [5.74, 6) is -0.906. The van der Waals surface area contributed by atoms with E-state index in [0.29, 0.717) is 17.2 Å². The van der Waals surface area contributed by atoms with E-state index in [9.17, 15) is 20.0 Å². The summed E-state index contributed by atoms with van der Waals surface area (Å²) in [7, 11) is 0. The lowest BCUT2D eigenvalue weighted by atomic mass is 9.95. The van der Waals surface area contributed by atoms with Crippen molar-refractivity contribution in [2.24, 2.45) is 0 Å². The number of carbonyl (C=O) groups excluding carboxylic acids is 1. The van der Waals surface area contributed by atoms with Gasteiger partial charge < -0.3 is 15.2 Å². The zero-order valence-corrected chi connectivity index (χ0v) is 13.4. The number of benzene rings is 1. The molecule has 0 radical (unpaired) electrons. The molecule has 2 heterocycles. The van der Waals surface area contributed by atoms with Crippen LogP contribution in [-0.4, -0.2) is 32.3 Å². The number of nitrogens with zero attached hydrogens (tertiary/aromatic N) is 4. The molecule has 0 saturated carbocycles. The highest BCUT2D eigenvalue weighted by Crippen LogP contribution is 2.37. The number of esters is 1. The standard InChI is InChI=1S/C15H15N5O5/c1-3-25-14(22)12-8(2)18-15-16-7-17-19(15)13(12)9-4-5-11(21)10(6-9)20(23)24/h4-7,13,21H,3H2,1-2H3,(H,16,17,18)/p-1/t13-/m1/s1. The Labute approximate surface area is 141 Å². The second kappa shape index (κ2) is 6.23. The van der Waals surface area contributed by atoms with Gasteiger partial charge in [-0.1, -0.05) is 12.1 Å². The Hall–Kier alpha value is -3.43. The van der Waals surface area contributed by atoms with E-state index in [4.69, 9.17) is 4.74 Å². The van der Waals surface area contributed by atoms with E-state index < -0.39 is 28.4 Å². The fraction of sp³-hybridized carbons (Fsp3) is 0.267. The number of fused-ring (bicyclic) bond motifs is 1. The minimum Gasteiger partial charge on any atom is -0.868 e. The third kappa shape index (κ3) is 2.77. The van der Waals surface area contributed by atoms with E-state index in [1.165, 1.54) is 17.1 Å². The van der Waals surface area contributed by atoms with Crippen molar-refractivity contribution in [3.63, 3.8) is 0 Å². The second-order valence-corrected chi connectivity index (χ2v) is 5.30. The Morgan fingerprint density at radius 3 is 2.92 bits per heavy atom. The van der Waals surface area contributed by atoms with E-state index in [0.717, 1.165) is 12.1 Å². The van der Waals surface area contributed by atoms with Crippen molar-refractivity contribution in [1.29, 1.82) is 0 Å². The predicted molar refractivity (Wildman–Crippen MR) is 83.7 cm³/mol. The molecule has 3 rings (SSSR count). The largest absolute Gasteiger partial charge is 0.868 e. The molecule has 0 spiro atoms. The molecule has 10 heteroatoms. The van der Waals surface area contributed by atoms with Crippen LogP contribution in [0.5, 0.6) is 5.75 Å². The molecule has 25 heavy (non-hydrogen) atoms. The Kier molecular flexibility index (Phi) is 4.09. The average Bonchev–Trinajstić information content (AvgIpc) is 3.01. The first-order valence-corrected chi connectivity index (χ1v) is 7.43. The summed E-state index contributed by atoms with van der Waals surface area (Å²) < 4.78 is 6.52. The van der Waals surface area contributed by atoms with Gasteiger partial charge in [0.1, 0.15) is 12.4 Å². The molecule has 2 aromatic rings. The number of anilines is 1. The van der Waals surface area contributed by atoms with Gasteiger partial charge >= 0.3 is 5.97 Å². The number of nitrogens with one attached hydrogen (secondary N) is 1. The maximum Gasteiger partial charge on any atom is 0.338 e. The number of allylic oxidation sites excluding steroid dienone is 1. The third-order valence-electron chi connectivity index (χ3n) is 3.79. The minimum absolute atomic E-state index is 0.173. The van der Waals surface area contributed by atoms with Crippen LogP contribution >= 0.6 is 0 Å². The summed E-state index contributed by atoms with van der Waals surface area (Å²) in [4.78, 5) is 26.8. The van der Waals surface area contributed by atoms with Crippen LogP contribution in [0.4, 0.5) is 11.6 Å². The van der Waals surface area contributed by atoms with E-state index in [2.05, 4.69) is 15.4 Å². The fourth-order valence-corrected chi connectivity index (χ4v) is 2.72. The molecule has 0 bridgehead atoms. The Morgan fingerprint density at radius 1 is 1.48 bits per heavy atom. The molecular weight excluding hydrogens is 330 g/mol. The van der Waals surface area contributed by atoms with Crippen molar-refractivity contribution in [3.8, 4) is 5.75 Å². The Bertz CT molecular complexity index is 888. The first-order chi connectivity index (χ1) is 11.9. The summed E-state index contributed by atoms with van der Waals surface area (Å²) in [6.45, 7) is 3.52. The normalized spacial score (nSPS) is 16.2. The van der Waals surface area contributed by atoms with Crippen molar-refractivity contribution in [3.05, 3.63) is 51.5 Å². The molecule has 1 aliphatic rings. The van der Waals surface area contributed by atoms with Crippen LogP contribution in [-0.2, 0) is 9.53 Å². The number of hydrogen-bond acceptors (Lipinski definition) is 8. The maximum absolute atomic E-state index is 12.4. The van der Waals surface area contributed by atoms with Crippen LogP contribution in [0.1, 0.15) is 25.5 Å². The van der Waals surface area contributed by atoms with Gasteiger partial charge in [-0.2, -0.15) is 10.1 Å². The molecule has 0 aliphatic carbocycles. The zero-order valence-electron chi connectivity index (χ0n) is 13.4. The monoisotopic (exact) mass is 344 g/mol. The van der Waals surface area contributed by atoms with Crippen LogP contribution in [0, 0.1) is 10.1 Å². The molecule has 0 fully saturated rings. The van der Waals surface area contributed by atoms with Gasteiger partial charge in [0.15, 0.2) is 0 Å². The predicted octanol–water partition coefficient (Wildman–Crippen LogP) is 1.11. The molecular formula is C15H14N5O5-. The molecule has 1 aromatic heterocycles. The molecule has 1 atom stereocenters. The van der Waals surface area contributed by atoms with Crippen molar-refractivity contribution in [2.45, 2.75) is 19.9 Å². The highest BCUT2D eigenvalue weighted by molar-refractivity contribution is 5.92. The van der Waals surface area contributed by atoms with Crippen molar-refractivity contribution < 1.29 is 19.6 Å². The van der Waals surface area contributed by atoms with E-state index in [1.807, 2.05) is 0 Å². The first-order valence-electron chi connectivity index (χ1n) is 7.43. The summed E-state index contributed by atoms with van der Waals surface area (Å²) in [5, 5.41) is 29.8. The Morgan fingerprint density at radius 2 is 2.24 bits per heavy atom. The maximum atomic E-state index is 12.4. The van der Waals surface area contributed by atoms with Crippen LogP contribution in [0.15, 0.2) is 35.8 Å². The summed E-state index contributed by atoms with van der Waals surface area (Å²) in [6.07, 6.45) is 1.30. The summed E-state index contributed by atoms with van der Waals surface area (Å²) in [6, 6.07) is 2.89. The molecule has 0 amide bonds. The average molecular weight is 344 g/mol. The molecule has 130 valence electrons. The number of nitro benzene ring substituents is 1. The second-order valence-electron chi connectivity index (χ2n) is 5.30. The van der Waals surface area contributed by atoms with Gasteiger partial charge in [-0.25, -0.2) is 9.48 Å². The van der Waals surface area contributed by atoms with Crippen LogP contribution in [0.25, 0.3) is 0 Å². The Balaban J connectivity index is 2.18. The molecule has 1 aromatic carbocycles. The van der Waals surface area contributed by atoms with Crippen LogP contribution in [0.2, 0.25) is 0 Å². The molecule has 1 aliphatic heterocycles. The van der Waals surface area contributed by atoms with Gasteiger partial charge in [0.05, 0.1) is 17.1 Å². The van der Waals surface area contributed by atoms with Gasteiger partial charge in [0.25, 0.3) is 5.69 Å².